The van der Waals surface area contributed by atoms with Crippen LogP contribution >= 0.6 is 34.8 Å². The average molecular weight is 694 g/mol. The fourth-order valence-electron chi connectivity index (χ4n) is 7.88. The first-order valence-corrected chi connectivity index (χ1v) is 16.3. The second-order valence-corrected chi connectivity index (χ2v) is 14.2. The maximum atomic E-state index is 14.5. The van der Waals surface area contributed by atoms with Gasteiger partial charge in [0.05, 0.1) is 23.2 Å². The number of allylic oxidation sites excluding steroid dienone is 3. The SMILES string of the molecule is C=CCc1cccc(C2C3=CCC4C(=O)N(c5ccc(C)c(Cl)c5)C(=O)C4C3CC3(Cl)C(=O)N(c4ccc(F)cc4)C(=O)C23Cl)c1O. The molecule has 0 spiro atoms. The molecular formula is C36H28Cl3FN2O5. The van der Waals surface area contributed by atoms with Crippen molar-refractivity contribution in [1.29, 1.82) is 0 Å². The van der Waals surface area contributed by atoms with E-state index < -0.39 is 62.9 Å². The Morgan fingerprint density at radius 1 is 0.957 bits per heavy atom. The van der Waals surface area contributed by atoms with Crippen molar-refractivity contribution in [3.63, 3.8) is 0 Å². The molecule has 240 valence electrons. The summed E-state index contributed by atoms with van der Waals surface area (Å²) in [4.78, 5) is 54.8. The van der Waals surface area contributed by atoms with Gasteiger partial charge in [-0.2, -0.15) is 0 Å². The van der Waals surface area contributed by atoms with Gasteiger partial charge < -0.3 is 5.11 Å². The van der Waals surface area contributed by atoms with Crippen LogP contribution < -0.4 is 9.80 Å². The van der Waals surface area contributed by atoms with Gasteiger partial charge >= 0.3 is 0 Å². The van der Waals surface area contributed by atoms with Crippen LogP contribution in [0.25, 0.3) is 0 Å². The zero-order valence-electron chi connectivity index (χ0n) is 25.1. The van der Waals surface area contributed by atoms with Crippen molar-refractivity contribution in [2.75, 3.05) is 9.80 Å². The number of phenolic OH excluding ortho intramolecular Hbond substituents is 1. The van der Waals surface area contributed by atoms with Gasteiger partial charge in [0.2, 0.25) is 11.8 Å². The Morgan fingerprint density at radius 3 is 2.34 bits per heavy atom. The number of anilines is 2. The van der Waals surface area contributed by atoms with E-state index in [4.69, 9.17) is 34.8 Å². The molecule has 4 amide bonds. The molecule has 1 N–H and O–H groups in total. The van der Waals surface area contributed by atoms with Gasteiger partial charge in [-0.1, -0.05) is 53.6 Å². The van der Waals surface area contributed by atoms with Gasteiger partial charge in [-0.25, -0.2) is 14.2 Å². The number of aromatic hydroxyl groups is 1. The summed E-state index contributed by atoms with van der Waals surface area (Å²) in [5.41, 5.74) is 2.48. The standard InChI is InChI=1S/C36H28Cl3FN2O5/c1-3-5-19-6-4-7-25(30(19)43)29-23-14-15-24-28(32(45)41(31(24)44)22-11-8-18(2)27(37)16-22)26(23)17-35(38)33(46)42(34(47)36(29,35)39)21-12-9-20(40)10-13-21/h3-4,6-14,16,24,26,28-29,43H,1,5,15,17H2,2H3. The highest BCUT2D eigenvalue weighted by molar-refractivity contribution is 6.58. The molecule has 0 radical (unpaired) electrons. The van der Waals surface area contributed by atoms with Gasteiger partial charge in [-0.3, -0.25) is 19.2 Å². The molecule has 11 heteroatoms. The van der Waals surface area contributed by atoms with Gasteiger partial charge in [0.15, 0.2) is 9.75 Å². The lowest BCUT2D eigenvalue weighted by molar-refractivity contribution is -0.125. The lowest BCUT2D eigenvalue weighted by Crippen LogP contribution is -2.60. The third kappa shape index (κ3) is 4.31. The van der Waals surface area contributed by atoms with Crippen LogP contribution in [0.2, 0.25) is 5.02 Å². The number of benzene rings is 3. The van der Waals surface area contributed by atoms with E-state index in [0.29, 0.717) is 28.3 Å². The second-order valence-electron chi connectivity index (χ2n) is 12.5. The minimum atomic E-state index is -2.16. The maximum absolute atomic E-state index is 14.5. The number of imide groups is 2. The molecule has 7 rings (SSSR count). The Bertz CT molecular complexity index is 1950. The van der Waals surface area contributed by atoms with E-state index in [-0.39, 0.29) is 29.8 Å². The summed E-state index contributed by atoms with van der Waals surface area (Å²) in [6.45, 7) is 5.57. The highest BCUT2D eigenvalue weighted by Crippen LogP contribution is 2.66. The van der Waals surface area contributed by atoms with Crippen LogP contribution in [0.3, 0.4) is 0 Å². The summed E-state index contributed by atoms with van der Waals surface area (Å²) in [6, 6.07) is 14.8. The molecule has 2 saturated heterocycles. The van der Waals surface area contributed by atoms with Crippen molar-refractivity contribution in [3.8, 4) is 5.75 Å². The Balaban J connectivity index is 1.41. The number of hydrogen-bond donors (Lipinski definition) is 1. The van der Waals surface area contributed by atoms with E-state index in [0.717, 1.165) is 27.5 Å². The average Bonchev–Trinajstić information content (AvgIpc) is 3.38. The number of phenols is 1. The number of para-hydroxylation sites is 1. The number of alkyl halides is 2. The van der Waals surface area contributed by atoms with Gasteiger partial charge in [-0.15, -0.1) is 29.8 Å². The first-order chi connectivity index (χ1) is 22.3. The lowest BCUT2D eigenvalue weighted by Gasteiger charge is -2.50. The third-order valence-electron chi connectivity index (χ3n) is 10.1. The molecule has 3 aromatic rings. The third-order valence-corrected chi connectivity index (χ3v) is 12.0. The summed E-state index contributed by atoms with van der Waals surface area (Å²) < 4.78 is 13.9. The molecule has 0 bridgehead atoms. The molecule has 6 atom stereocenters. The summed E-state index contributed by atoms with van der Waals surface area (Å²) in [5, 5.41) is 12.0. The van der Waals surface area contributed by atoms with E-state index in [1.54, 1.807) is 48.6 Å². The Morgan fingerprint density at radius 2 is 1.66 bits per heavy atom. The number of hydrogen-bond acceptors (Lipinski definition) is 5. The summed E-state index contributed by atoms with van der Waals surface area (Å²) in [5.74, 6) is -6.93. The largest absolute Gasteiger partial charge is 0.507 e. The fraction of sp³-hybridized carbons (Fsp3) is 0.278. The molecule has 2 heterocycles. The Hall–Kier alpha value is -3.98. The minimum Gasteiger partial charge on any atom is -0.507 e. The van der Waals surface area contributed by atoms with Gasteiger partial charge in [0.25, 0.3) is 11.8 Å². The number of rotatable bonds is 5. The van der Waals surface area contributed by atoms with E-state index in [1.807, 2.05) is 6.92 Å². The van der Waals surface area contributed by atoms with Crippen LogP contribution in [-0.4, -0.2) is 38.5 Å². The first kappa shape index (κ1) is 31.6. The predicted molar refractivity (Wildman–Crippen MR) is 177 cm³/mol. The van der Waals surface area contributed by atoms with Gasteiger partial charge in [0.1, 0.15) is 11.6 Å². The van der Waals surface area contributed by atoms with Crippen LogP contribution in [0.15, 0.2) is 85.0 Å². The quantitative estimate of drug-likeness (QED) is 0.177. The van der Waals surface area contributed by atoms with Crippen molar-refractivity contribution in [2.24, 2.45) is 17.8 Å². The summed E-state index contributed by atoms with van der Waals surface area (Å²) in [6.07, 6.45) is 3.64. The Kier molecular flexibility index (Phi) is 7.43. The molecule has 2 aliphatic heterocycles. The zero-order chi connectivity index (χ0) is 33.6. The Labute approximate surface area is 285 Å². The fourth-order valence-corrected chi connectivity index (χ4v) is 8.99. The number of nitrogens with zero attached hydrogens (tertiary/aromatic N) is 2. The molecule has 1 saturated carbocycles. The van der Waals surface area contributed by atoms with Crippen LogP contribution in [0.1, 0.15) is 35.4 Å². The van der Waals surface area contributed by atoms with Crippen LogP contribution in [-0.2, 0) is 25.6 Å². The number of aryl methyl sites for hydroxylation is 1. The maximum Gasteiger partial charge on any atom is 0.258 e. The molecule has 7 nitrogen and oxygen atoms in total. The van der Waals surface area contributed by atoms with Crippen molar-refractivity contribution in [2.45, 2.75) is 41.9 Å². The van der Waals surface area contributed by atoms with E-state index >= 15 is 0 Å². The minimum absolute atomic E-state index is 0.0728. The normalized spacial score (nSPS) is 29.9. The van der Waals surface area contributed by atoms with E-state index in [2.05, 4.69) is 6.58 Å². The van der Waals surface area contributed by atoms with E-state index in [1.165, 1.54) is 12.1 Å². The summed E-state index contributed by atoms with van der Waals surface area (Å²) in [7, 11) is 0. The zero-order valence-corrected chi connectivity index (χ0v) is 27.3. The molecule has 47 heavy (non-hydrogen) atoms. The molecule has 2 aliphatic carbocycles. The number of amides is 4. The molecule has 3 aromatic carbocycles. The van der Waals surface area contributed by atoms with Gasteiger partial charge in [-0.05, 0) is 79.6 Å². The monoisotopic (exact) mass is 692 g/mol. The van der Waals surface area contributed by atoms with Crippen LogP contribution in [0.5, 0.6) is 5.75 Å². The summed E-state index contributed by atoms with van der Waals surface area (Å²) >= 11 is 21.2. The first-order valence-electron chi connectivity index (χ1n) is 15.1. The highest BCUT2D eigenvalue weighted by Gasteiger charge is 2.77. The van der Waals surface area contributed by atoms with Crippen molar-refractivity contribution < 1.29 is 28.7 Å². The molecule has 4 aliphatic rings. The number of carbonyl (C=O) groups excluding carboxylic acids is 4. The topological polar surface area (TPSA) is 95.0 Å². The van der Waals surface area contributed by atoms with Crippen molar-refractivity contribution >= 4 is 69.8 Å². The molecule has 3 fully saturated rings. The van der Waals surface area contributed by atoms with Crippen molar-refractivity contribution in [1.82, 2.24) is 0 Å². The molecule has 6 unspecified atom stereocenters. The molecular weight excluding hydrogens is 666 g/mol. The van der Waals surface area contributed by atoms with Crippen LogP contribution in [0.4, 0.5) is 15.8 Å². The number of halogens is 4. The molecule has 0 aromatic heterocycles. The number of carbonyl (C=O) groups is 4. The predicted octanol–water partition coefficient (Wildman–Crippen LogP) is 6.99. The van der Waals surface area contributed by atoms with Gasteiger partial charge in [0, 0.05) is 16.5 Å². The van der Waals surface area contributed by atoms with Crippen molar-refractivity contribution in [3.05, 3.63) is 112 Å². The second kappa shape index (κ2) is 11.0. The lowest BCUT2D eigenvalue weighted by atomic mass is 9.56. The van der Waals surface area contributed by atoms with E-state index in [9.17, 15) is 28.7 Å². The van der Waals surface area contributed by atoms with Crippen LogP contribution in [0, 0.1) is 30.5 Å². The smallest absolute Gasteiger partial charge is 0.258 e. The highest BCUT2D eigenvalue weighted by atomic mass is 35.5. The number of fused-ring (bicyclic) bond motifs is 4.